The first kappa shape index (κ1) is 16.2. The van der Waals surface area contributed by atoms with Gasteiger partial charge in [0.2, 0.25) is 5.95 Å². The van der Waals surface area contributed by atoms with Crippen LogP contribution in [0.4, 0.5) is 5.95 Å². The molecule has 0 amide bonds. The Morgan fingerprint density at radius 2 is 1.86 bits per heavy atom. The Morgan fingerprint density at radius 1 is 1.24 bits per heavy atom. The van der Waals surface area contributed by atoms with Crippen molar-refractivity contribution in [2.75, 3.05) is 18.0 Å². The number of aryl methyl sites for hydroxylation is 1. The van der Waals surface area contributed by atoms with Crippen molar-refractivity contribution >= 4 is 5.95 Å². The summed E-state index contributed by atoms with van der Waals surface area (Å²) in [5.74, 6) is 2.34. The number of rotatable bonds is 3. The van der Waals surface area contributed by atoms with Crippen molar-refractivity contribution < 1.29 is 0 Å². The van der Waals surface area contributed by atoms with Gasteiger partial charge in [-0.25, -0.2) is 9.97 Å². The van der Waals surface area contributed by atoms with Crippen LogP contribution in [-0.4, -0.2) is 28.6 Å². The van der Waals surface area contributed by atoms with E-state index in [1.165, 1.54) is 12.0 Å². The van der Waals surface area contributed by atoms with E-state index in [0.717, 1.165) is 43.1 Å². The van der Waals surface area contributed by atoms with Gasteiger partial charge >= 0.3 is 0 Å². The van der Waals surface area contributed by atoms with E-state index in [1.807, 2.05) is 6.20 Å². The molecule has 2 rings (SSSR count). The number of anilines is 1. The molecule has 2 atom stereocenters. The van der Waals surface area contributed by atoms with Crippen LogP contribution in [0.1, 0.15) is 52.3 Å². The van der Waals surface area contributed by atoms with Gasteiger partial charge in [-0.1, -0.05) is 13.8 Å². The van der Waals surface area contributed by atoms with E-state index in [4.69, 9.17) is 4.98 Å². The van der Waals surface area contributed by atoms with Crippen molar-refractivity contribution in [2.45, 2.75) is 60.0 Å². The number of aromatic nitrogens is 2. The Morgan fingerprint density at radius 3 is 2.38 bits per heavy atom. The Labute approximate surface area is 129 Å². The lowest BCUT2D eigenvalue weighted by atomic mass is 9.92. The predicted molar refractivity (Wildman–Crippen MR) is 88.5 cm³/mol. The average molecular weight is 290 g/mol. The zero-order valence-corrected chi connectivity index (χ0v) is 14.4. The second kappa shape index (κ2) is 6.30. The summed E-state index contributed by atoms with van der Waals surface area (Å²) in [6.45, 7) is 16.2. The fourth-order valence-corrected chi connectivity index (χ4v) is 2.99. The van der Waals surface area contributed by atoms with Crippen LogP contribution in [0, 0.1) is 18.8 Å². The highest BCUT2D eigenvalue weighted by Gasteiger charge is 2.23. The molecule has 4 nitrogen and oxygen atoms in total. The van der Waals surface area contributed by atoms with Crippen molar-refractivity contribution in [3.05, 3.63) is 17.5 Å². The molecule has 1 aliphatic heterocycles. The van der Waals surface area contributed by atoms with Gasteiger partial charge < -0.3 is 10.2 Å². The molecular weight excluding hydrogens is 260 g/mol. The number of nitrogens with one attached hydrogen (secondary N) is 1. The van der Waals surface area contributed by atoms with Gasteiger partial charge in [-0.3, -0.25) is 0 Å². The highest BCUT2D eigenvalue weighted by Crippen LogP contribution is 2.24. The Balaban J connectivity index is 2.08. The van der Waals surface area contributed by atoms with E-state index in [9.17, 15) is 0 Å². The molecule has 21 heavy (non-hydrogen) atoms. The van der Waals surface area contributed by atoms with Gasteiger partial charge in [0.1, 0.15) is 0 Å². The molecule has 0 saturated carbocycles. The highest BCUT2D eigenvalue weighted by molar-refractivity contribution is 5.33. The summed E-state index contributed by atoms with van der Waals surface area (Å²) in [6, 6.07) is 0. The van der Waals surface area contributed by atoms with Crippen molar-refractivity contribution in [3.8, 4) is 0 Å². The maximum Gasteiger partial charge on any atom is 0.225 e. The summed E-state index contributed by atoms with van der Waals surface area (Å²) in [7, 11) is 0. The van der Waals surface area contributed by atoms with Gasteiger partial charge in [-0.2, -0.15) is 0 Å². The first-order valence-corrected chi connectivity index (χ1v) is 8.07. The summed E-state index contributed by atoms with van der Waals surface area (Å²) in [5.41, 5.74) is 2.39. The summed E-state index contributed by atoms with van der Waals surface area (Å²) in [5, 5.41) is 3.50. The van der Waals surface area contributed by atoms with Crippen LogP contribution in [-0.2, 0) is 6.54 Å². The largest absolute Gasteiger partial charge is 0.340 e. The van der Waals surface area contributed by atoms with Crippen LogP contribution in [0.3, 0.4) is 0 Å². The lowest BCUT2D eigenvalue weighted by Crippen LogP contribution is -2.40. The van der Waals surface area contributed by atoms with E-state index in [2.05, 4.69) is 56.7 Å². The second-order valence-corrected chi connectivity index (χ2v) is 7.74. The number of hydrogen-bond acceptors (Lipinski definition) is 4. The minimum Gasteiger partial charge on any atom is -0.340 e. The molecule has 2 unspecified atom stereocenters. The third kappa shape index (κ3) is 4.67. The molecule has 1 aromatic heterocycles. The van der Waals surface area contributed by atoms with E-state index in [0.29, 0.717) is 0 Å². The van der Waals surface area contributed by atoms with Crippen LogP contribution in [0.2, 0.25) is 0 Å². The molecule has 2 heterocycles. The molecule has 1 saturated heterocycles. The molecule has 1 aromatic rings. The third-order valence-electron chi connectivity index (χ3n) is 4.03. The van der Waals surface area contributed by atoms with Gasteiger partial charge in [0.05, 0.1) is 0 Å². The molecule has 0 spiro atoms. The van der Waals surface area contributed by atoms with Crippen LogP contribution >= 0.6 is 0 Å². The predicted octanol–water partition coefficient (Wildman–Crippen LogP) is 3.16. The summed E-state index contributed by atoms with van der Waals surface area (Å²) < 4.78 is 0. The van der Waals surface area contributed by atoms with Crippen LogP contribution in [0.25, 0.3) is 0 Å². The molecule has 1 N–H and O–H groups in total. The minimum atomic E-state index is 0.114. The van der Waals surface area contributed by atoms with Crippen LogP contribution < -0.4 is 10.2 Å². The summed E-state index contributed by atoms with van der Waals surface area (Å²) >= 11 is 0. The van der Waals surface area contributed by atoms with Crippen molar-refractivity contribution in [1.29, 1.82) is 0 Å². The monoisotopic (exact) mass is 290 g/mol. The SMILES string of the molecule is Cc1nc(N2CC(C)CC(C)C2)ncc1CNC(C)(C)C. The van der Waals surface area contributed by atoms with Gasteiger partial charge in [0, 0.05) is 42.6 Å². The fraction of sp³-hybridized carbons (Fsp3) is 0.765. The van der Waals surface area contributed by atoms with Crippen LogP contribution in [0.5, 0.6) is 0 Å². The number of nitrogens with zero attached hydrogens (tertiary/aromatic N) is 3. The molecule has 0 aliphatic carbocycles. The first-order chi connectivity index (χ1) is 9.74. The average Bonchev–Trinajstić information content (AvgIpc) is 2.35. The Bertz CT molecular complexity index is 468. The van der Waals surface area contributed by atoms with Gasteiger partial charge in [-0.15, -0.1) is 0 Å². The normalized spacial score (nSPS) is 23.4. The standard InChI is InChI=1S/C17H30N4/c1-12-7-13(2)11-21(10-12)16-18-8-15(14(3)20-16)9-19-17(4,5)6/h8,12-13,19H,7,9-11H2,1-6H3. The Kier molecular flexibility index (Phi) is 4.87. The van der Waals surface area contributed by atoms with Crippen LogP contribution in [0.15, 0.2) is 6.20 Å². The lowest BCUT2D eigenvalue weighted by Gasteiger charge is -2.35. The topological polar surface area (TPSA) is 41.1 Å². The van der Waals surface area contributed by atoms with E-state index in [1.54, 1.807) is 0 Å². The van der Waals surface area contributed by atoms with E-state index in [-0.39, 0.29) is 5.54 Å². The first-order valence-electron chi connectivity index (χ1n) is 8.07. The van der Waals surface area contributed by atoms with Gasteiger partial charge in [0.25, 0.3) is 0 Å². The molecule has 1 aliphatic rings. The maximum absolute atomic E-state index is 4.74. The molecule has 0 aromatic carbocycles. The number of piperidine rings is 1. The molecule has 0 radical (unpaired) electrons. The van der Waals surface area contributed by atoms with Gasteiger partial charge in [-0.05, 0) is 46.0 Å². The van der Waals surface area contributed by atoms with E-state index >= 15 is 0 Å². The lowest BCUT2D eigenvalue weighted by molar-refractivity contribution is 0.353. The van der Waals surface area contributed by atoms with E-state index < -0.39 is 0 Å². The quantitative estimate of drug-likeness (QED) is 0.928. The molecule has 118 valence electrons. The highest BCUT2D eigenvalue weighted by atomic mass is 15.3. The third-order valence-corrected chi connectivity index (χ3v) is 4.03. The van der Waals surface area contributed by atoms with Crippen molar-refractivity contribution in [2.24, 2.45) is 11.8 Å². The summed E-state index contributed by atoms with van der Waals surface area (Å²) in [6.07, 6.45) is 3.30. The second-order valence-electron chi connectivity index (χ2n) is 7.74. The molecule has 1 fully saturated rings. The van der Waals surface area contributed by atoms with Crippen molar-refractivity contribution in [3.63, 3.8) is 0 Å². The minimum absolute atomic E-state index is 0.114. The molecular formula is C17H30N4. The summed E-state index contributed by atoms with van der Waals surface area (Å²) in [4.78, 5) is 11.7. The zero-order valence-electron chi connectivity index (χ0n) is 14.4. The number of hydrogen-bond donors (Lipinski definition) is 1. The zero-order chi connectivity index (χ0) is 15.6. The smallest absolute Gasteiger partial charge is 0.225 e. The Hall–Kier alpha value is -1.16. The van der Waals surface area contributed by atoms with Gasteiger partial charge in [0.15, 0.2) is 0 Å². The maximum atomic E-state index is 4.74. The molecule has 4 heteroatoms. The van der Waals surface area contributed by atoms with Crippen molar-refractivity contribution in [1.82, 2.24) is 15.3 Å². The molecule has 0 bridgehead atoms. The fourth-order valence-electron chi connectivity index (χ4n) is 2.99.